The lowest BCUT2D eigenvalue weighted by molar-refractivity contribution is -0.140. The van der Waals surface area contributed by atoms with Gasteiger partial charge in [-0.2, -0.15) is 10.2 Å². The van der Waals surface area contributed by atoms with Crippen LogP contribution in [0.1, 0.15) is 95.5 Å². The molecule has 11 N–H and O–H groups in total. The van der Waals surface area contributed by atoms with E-state index in [1.165, 1.54) is 33.4 Å². The highest BCUT2D eigenvalue weighted by atomic mass is 35.5. The molecule has 24 heteroatoms. The number of fused-ring (bicyclic) bond motifs is 3. The van der Waals surface area contributed by atoms with Gasteiger partial charge in [0.1, 0.15) is 11.8 Å². The van der Waals surface area contributed by atoms with Crippen molar-refractivity contribution < 1.29 is 42.6 Å². The van der Waals surface area contributed by atoms with Gasteiger partial charge in [-0.15, -0.1) is 12.4 Å². The normalized spacial score (nSPS) is 15.2. The quantitative estimate of drug-likeness (QED) is 0.0544. The van der Waals surface area contributed by atoms with Crippen LogP contribution in [0.5, 0.6) is 0 Å². The number of carbonyl (C=O) groups is 5. The number of halogens is 1. The summed E-state index contributed by atoms with van der Waals surface area (Å²) in [5.74, 6) is 0.412. The molecule has 2 aliphatic heterocycles. The minimum atomic E-state index is -0.754. The molecule has 0 unspecified atom stereocenters. The summed E-state index contributed by atoms with van der Waals surface area (Å²) in [5, 5.41) is 42.1. The summed E-state index contributed by atoms with van der Waals surface area (Å²) in [4.78, 5) is 69.6. The van der Waals surface area contributed by atoms with Crippen LogP contribution in [-0.4, -0.2) is 105 Å². The first-order chi connectivity index (χ1) is 44.0. The zero-order valence-electron chi connectivity index (χ0n) is 51.3. The van der Waals surface area contributed by atoms with E-state index in [9.17, 15) is 24.0 Å². The van der Waals surface area contributed by atoms with E-state index in [4.69, 9.17) is 24.4 Å². The van der Waals surface area contributed by atoms with E-state index in [2.05, 4.69) is 104 Å². The number of nitrogens with zero attached hydrogens (tertiary/aromatic N) is 5. The Labute approximate surface area is 541 Å². The smallest absolute Gasteiger partial charge is 0.320 e. The van der Waals surface area contributed by atoms with Gasteiger partial charge >= 0.3 is 5.97 Å². The number of hydrazone groups is 2. The number of aliphatic carboxylic acids is 1. The van der Waals surface area contributed by atoms with Crippen molar-refractivity contribution in [1.29, 1.82) is 0 Å². The molecule has 5 aromatic carbocycles. The van der Waals surface area contributed by atoms with Crippen LogP contribution in [0.3, 0.4) is 0 Å². The van der Waals surface area contributed by atoms with Crippen LogP contribution in [-0.2, 0) is 52.9 Å². The largest absolute Gasteiger partial charge is 0.480 e. The Balaban J connectivity index is 0.000000152. The zero-order chi connectivity index (χ0) is 63.6. The Morgan fingerprint density at radius 2 is 0.914 bits per heavy atom. The highest BCUT2D eigenvalue weighted by Crippen LogP contribution is 2.38. The second-order valence-corrected chi connectivity index (χ2v) is 23.5. The van der Waals surface area contributed by atoms with Gasteiger partial charge in [0.2, 0.25) is 11.8 Å². The predicted molar refractivity (Wildman–Crippen MR) is 358 cm³/mol. The molecule has 0 saturated heterocycles. The van der Waals surface area contributed by atoms with Crippen molar-refractivity contribution in [3.05, 3.63) is 194 Å². The molecule has 0 spiro atoms. The highest BCUT2D eigenvalue weighted by Gasteiger charge is 2.35. The number of rotatable bonds is 12. The van der Waals surface area contributed by atoms with Gasteiger partial charge in [-0.25, -0.2) is 10.9 Å². The molecule has 3 atom stereocenters. The number of hydrogen-bond acceptors (Lipinski definition) is 16. The maximum absolute atomic E-state index is 13.3. The molecular formula is C69H73ClN14O9. The Hall–Kier alpha value is -10.3. The van der Waals surface area contributed by atoms with E-state index in [0.717, 1.165) is 66.9 Å². The number of carbonyl (C=O) groups excluding carboxylic acids is 4. The number of aromatic amines is 2. The highest BCUT2D eigenvalue weighted by molar-refractivity contribution is 6.19. The van der Waals surface area contributed by atoms with Gasteiger partial charge in [-0.3, -0.25) is 24.0 Å². The summed E-state index contributed by atoms with van der Waals surface area (Å²) >= 11 is 0. The first-order valence-electron chi connectivity index (χ1n) is 30.0. The molecule has 3 aliphatic carbocycles. The van der Waals surface area contributed by atoms with Crippen LogP contribution >= 0.6 is 12.4 Å². The number of benzene rings is 5. The molecule has 5 aliphatic rings. The number of anilines is 2. The van der Waals surface area contributed by atoms with E-state index in [0.29, 0.717) is 72.8 Å². The third-order valence-corrected chi connectivity index (χ3v) is 17.3. The van der Waals surface area contributed by atoms with E-state index in [1.807, 2.05) is 82.3 Å². The van der Waals surface area contributed by atoms with Crippen LogP contribution in [0.25, 0.3) is 44.7 Å². The van der Waals surface area contributed by atoms with Crippen molar-refractivity contribution in [2.45, 2.75) is 91.8 Å². The Bertz CT molecular complexity index is 4430. The molecule has 480 valence electrons. The summed E-state index contributed by atoms with van der Waals surface area (Å²) in [5.41, 5.74) is 27.4. The average Bonchev–Trinajstić information content (AvgIpc) is 1.61. The number of nitrogens with one attached hydrogen (secondary N) is 8. The topological polar surface area (TPSA) is 338 Å². The molecule has 5 aromatic heterocycles. The first kappa shape index (κ1) is 65.6. The summed E-state index contributed by atoms with van der Waals surface area (Å²) in [6.45, 7) is 7.45. The van der Waals surface area contributed by atoms with Crippen molar-refractivity contribution in [2.75, 3.05) is 24.7 Å². The fraction of sp³-hybridized carbons (Fsp3) is 0.275. The number of aryl methyl sites for hydroxylation is 4. The van der Waals surface area contributed by atoms with Gasteiger partial charge in [0.15, 0.2) is 11.5 Å². The predicted octanol–water partition coefficient (Wildman–Crippen LogP) is 9.46. The second-order valence-electron chi connectivity index (χ2n) is 23.5. The van der Waals surface area contributed by atoms with E-state index >= 15 is 0 Å². The number of aromatic nitrogens is 5. The number of nitrogens with two attached hydrogens (primary N) is 1. The number of likely N-dealkylation sites (N-methyl/N-ethyl adjacent to an activating group) is 2. The van der Waals surface area contributed by atoms with Gasteiger partial charge in [-0.05, 0) is 156 Å². The molecule has 93 heavy (non-hydrogen) atoms. The molecule has 0 fully saturated rings. The lowest BCUT2D eigenvalue weighted by Crippen LogP contribution is -2.44. The summed E-state index contributed by atoms with van der Waals surface area (Å²) < 4.78 is 15.6. The van der Waals surface area contributed by atoms with Crippen molar-refractivity contribution in [3.63, 3.8) is 0 Å². The number of hydrogen-bond donors (Lipinski definition) is 10. The van der Waals surface area contributed by atoms with Crippen LogP contribution < -0.4 is 37.9 Å². The van der Waals surface area contributed by atoms with Crippen molar-refractivity contribution in [2.24, 2.45) is 33.7 Å². The van der Waals surface area contributed by atoms with E-state index in [-0.39, 0.29) is 67.3 Å². The maximum atomic E-state index is 13.3. The molecular weight excluding hydrogens is 1200 g/mol. The minimum absolute atomic E-state index is 0. The number of carboxylic acid groups (broad SMARTS) is 1. The van der Waals surface area contributed by atoms with Crippen molar-refractivity contribution in [1.82, 2.24) is 46.9 Å². The van der Waals surface area contributed by atoms with Crippen molar-refractivity contribution in [3.8, 4) is 22.9 Å². The SMILES string of the molecule is C.CN[C@@H](C(=O)Nc1cc2c3c(c(-c4cc(C)no4)[nH]c3c1)C=NNC2=O)C1Cc2ccccc2C1.CN[C@@H](C(=O)O)C1Cc2ccccc2C1.Cc1cc(-c2[nH]c3cc(NC(=O)[C@H](N)C4Cc5ccccc5C4)cc4c3c2C=NNC4=O)on1.Cc1cc(C)on1.Cl. The number of carboxylic acids is 1. The van der Waals surface area contributed by atoms with Crippen LogP contribution in [0.4, 0.5) is 11.4 Å². The summed E-state index contributed by atoms with van der Waals surface area (Å²) in [6.07, 6.45) is 8.14. The maximum Gasteiger partial charge on any atom is 0.320 e. The van der Waals surface area contributed by atoms with Gasteiger partial charge in [0, 0.05) is 62.5 Å². The lowest BCUT2D eigenvalue weighted by Gasteiger charge is -2.22. The Morgan fingerprint density at radius 1 is 0.538 bits per heavy atom. The van der Waals surface area contributed by atoms with Crippen molar-refractivity contribution >= 4 is 87.6 Å². The Morgan fingerprint density at radius 3 is 1.26 bits per heavy atom. The molecule has 7 heterocycles. The van der Waals surface area contributed by atoms with Gasteiger partial charge in [0.05, 0.1) is 64.1 Å². The fourth-order valence-electron chi connectivity index (χ4n) is 13.1. The van der Waals surface area contributed by atoms with Gasteiger partial charge in [-0.1, -0.05) is 95.7 Å². The summed E-state index contributed by atoms with van der Waals surface area (Å²) in [6, 6.07) is 35.7. The van der Waals surface area contributed by atoms with Gasteiger partial charge in [0.25, 0.3) is 11.8 Å². The van der Waals surface area contributed by atoms with Crippen LogP contribution in [0.15, 0.2) is 139 Å². The molecule has 15 rings (SSSR count). The molecule has 0 radical (unpaired) electrons. The third kappa shape index (κ3) is 13.8. The van der Waals surface area contributed by atoms with Crippen LogP contribution in [0, 0.1) is 45.4 Å². The average molecular weight is 1280 g/mol. The second kappa shape index (κ2) is 28.0. The lowest BCUT2D eigenvalue weighted by atomic mass is 9.95. The minimum Gasteiger partial charge on any atom is -0.480 e. The molecule has 10 aromatic rings. The molecule has 0 bridgehead atoms. The standard InChI is InChI=1S/C26H24N6O3.C25H22N6O3.C12H15NO2.C5H7NO.CH4.ClH/c1-13-7-21(35-32-13)24-19-12-28-31-25(33)18-10-17(11-20(30-24)22(18)19)29-26(34)23(27-2)16-8-14-5-3-4-6-15(14)9-16;1-12-6-20(34-31-12)23-18-11-27-30-24(32)17-9-16(10-19(29-23)21(17)18)28-25(33)22(26)15-7-13-4-2-3-5-14(13)8-15;1-13-11(12(14)15)10-6-8-4-2-3-5-9(8)7-10;1-4-3-5(2)7-6-4;;/h3-7,10-12,16,23,27,30H,8-9H2,1-2H3,(H,29,34)(H,31,33);2-6,9-11,15,22,29H,7-8,26H2,1H3,(H,28,33)(H,30,32);2-5,10-11,13H,6-7H2,1H3,(H,14,15);3H,1-2H3;1H4;1H/t23-;22-;11-;;;/m111.../s1. The Kier molecular flexibility index (Phi) is 19.8. The monoisotopic (exact) mass is 1280 g/mol. The molecule has 23 nitrogen and oxygen atoms in total. The van der Waals surface area contributed by atoms with Gasteiger partial charge < -0.3 is 55.6 Å². The third-order valence-electron chi connectivity index (χ3n) is 17.3. The van der Waals surface area contributed by atoms with Crippen LogP contribution in [0.2, 0.25) is 0 Å². The number of amides is 4. The van der Waals surface area contributed by atoms with E-state index < -0.39 is 18.1 Å². The number of H-pyrrole nitrogens is 2. The zero-order valence-corrected chi connectivity index (χ0v) is 52.1. The molecule has 4 amide bonds. The molecule has 0 saturated carbocycles. The first-order valence-corrected chi connectivity index (χ1v) is 30.0. The fourth-order valence-corrected chi connectivity index (χ4v) is 13.1. The summed E-state index contributed by atoms with van der Waals surface area (Å²) in [7, 11) is 3.51. The van der Waals surface area contributed by atoms with E-state index in [1.54, 1.807) is 50.8 Å².